The third kappa shape index (κ3) is 3.78. The minimum atomic E-state index is -3.14. The molecule has 0 spiro atoms. The van der Waals surface area contributed by atoms with Crippen LogP contribution in [0.2, 0.25) is 0 Å². The number of fused-ring (bicyclic) bond motifs is 1. The van der Waals surface area contributed by atoms with Gasteiger partial charge in [0.1, 0.15) is 5.00 Å². The molecule has 0 saturated carbocycles. The second-order valence-electron chi connectivity index (χ2n) is 7.84. The molecule has 0 radical (unpaired) electrons. The average Bonchev–Trinajstić information content (AvgIpc) is 3.20. The SMILES string of the molecule is C[C@@H]1CCc2c(sc(NC(=O)[C@H]3CCS(=O)(=O)C3)c2C(=O)c2ccccc2)C1. The molecule has 7 heteroatoms. The maximum absolute atomic E-state index is 13.2. The molecule has 4 rings (SSSR count). The van der Waals surface area contributed by atoms with Crippen LogP contribution in [0.15, 0.2) is 30.3 Å². The van der Waals surface area contributed by atoms with Gasteiger partial charge in [-0.15, -0.1) is 11.3 Å². The second kappa shape index (κ2) is 7.44. The van der Waals surface area contributed by atoms with E-state index in [2.05, 4.69) is 12.2 Å². The van der Waals surface area contributed by atoms with E-state index in [0.29, 0.717) is 28.5 Å². The summed E-state index contributed by atoms with van der Waals surface area (Å²) >= 11 is 1.47. The highest BCUT2D eigenvalue weighted by Gasteiger charge is 2.35. The van der Waals surface area contributed by atoms with Gasteiger partial charge in [0.25, 0.3) is 0 Å². The van der Waals surface area contributed by atoms with Crippen molar-refractivity contribution in [2.24, 2.45) is 11.8 Å². The van der Waals surface area contributed by atoms with Crippen molar-refractivity contribution < 1.29 is 18.0 Å². The molecule has 1 aromatic carbocycles. The first-order valence-electron chi connectivity index (χ1n) is 9.59. The van der Waals surface area contributed by atoms with Crippen molar-refractivity contribution in [3.05, 3.63) is 51.9 Å². The summed E-state index contributed by atoms with van der Waals surface area (Å²) < 4.78 is 23.4. The van der Waals surface area contributed by atoms with E-state index >= 15 is 0 Å². The number of carbonyl (C=O) groups excluding carboxylic acids is 2. The molecule has 0 bridgehead atoms. The van der Waals surface area contributed by atoms with E-state index in [9.17, 15) is 18.0 Å². The number of ketones is 1. The number of nitrogens with one attached hydrogen (secondary N) is 1. The molecule has 0 unspecified atom stereocenters. The van der Waals surface area contributed by atoms with Gasteiger partial charge in [-0.3, -0.25) is 9.59 Å². The largest absolute Gasteiger partial charge is 0.317 e. The van der Waals surface area contributed by atoms with Gasteiger partial charge < -0.3 is 5.32 Å². The number of rotatable bonds is 4. The molecule has 1 amide bonds. The lowest BCUT2D eigenvalue weighted by molar-refractivity contribution is -0.119. The van der Waals surface area contributed by atoms with Crippen LogP contribution in [0.5, 0.6) is 0 Å². The van der Waals surface area contributed by atoms with Gasteiger partial charge in [-0.1, -0.05) is 37.3 Å². The Kier molecular flexibility index (Phi) is 5.14. The second-order valence-corrected chi connectivity index (χ2v) is 11.2. The highest BCUT2D eigenvalue weighted by molar-refractivity contribution is 7.91. The van der Waals surface area contributed by atoms with Gasteiger partial charge in [0.05, 0.1) is 23.0 Å². The van der Waals surface area contributed by atoms with Crippen LogP contribution in [0, 0.1) is 11.8 Å². The number of carbonyl (C=O) groups is 2. The molecule has 2 atom stereocenters. The fourth-order valence-electron chi connectivity index (χ4n) is 4.03. The van der Waals surface area contributed by atoms with E-state index < -0.39 is 15.8 Å². The standard InChI is InChI=1S/C21H23NO4S2/c1-13-7-8-16-17(11-13)27-21(18(16)19(23)14-5-3-2-4-6-14)22-20(24)15-9-10-28(25,26)12-15/h2-6,13,15H,7-12H2,1H3,(H,22,24)/t13-,15+/m1/s1. The summed E-state index contributed by atoms with van der Waals surface area (Å²) in [6.45, 7) is 2.20. The Labute approximate surface area is 169 Å². The molecule has 1 fully saturated rings. The molecule has 2 aromatic rings. The molecule has 1 aliphatic heterocycles. The number of amides is 1. The lowest BCUT2D eigenvalue weighted by Gasteiger charge is -2.18. The summed E-state index contributed by atoms with van der Waals surface area (Å²) in [7, 11) is -3.14. The van der Waals surface area contributed by atoms with Crippen molar-refractivity contribution in [1.82, 2.24) is 0 Å². The Balaban J connectivity index is 1.68. The molecule has 28 heavy (non-hydrogen) atoms. The lowest BCUT2D eigenvalue weighted by atomic mass is 9.86. The van der Waals surface area contributed by atoms with Crippen molar-refractivity contribution in [2.45, 2.75) is 32.6 Å². The number of hydrogen-bond donors (Lipinski definition) is 1. The average molecular weight is 418 g/mol. The molecule has 1 aliphatic carbocycles. The minimum absolute atomic E-state index is 0.0549. The van der Waals surface area contributed by atoms with E-state index in [1.165, 1.54) is 11.3 Å². The Bertz CT molecular complexity index is 1020. The van der Waals surface area contributed by atoms with Crippen LogP contribution in [-0.2, 0) is 27.5 Å². The van der Waals surface area contributed by atoms with Gasteiger partial charge in [0, 0.05) is 10.4 Å². The molecule has 148 valence electrons. The highest BCUT2D eigenvalue weighted by atomic mass is 32.2. The van der Waals surface area contributed by atoms with E-state index in [1.54, 1.807) is 12.1 Å². The topological polar surface area (TPSA) is 80.3 Å². The monoisotopic (exact) mass is 417 g/mol. The van der Waals surface area contributed by atoms with Crippen LogP contribution in [0.4, 0.5) is 5.00 Å². The lowest BCUT2D eigenvalue weighted by Crippen LogP contribution is -2.24. The first-order valence-corrected chi connectivity index (χ1v) is 12.2. The summed E-state index contributed by atoms with van der Waals surface area (Å²) in [4.78, 5) is 27.1. The van der Waals surface area contributed by atoms with Crippen LogP contribution in [0.25, 0.3) is 0 Å². The molecule has 5 nitrogen and oxygen atoms in total. The number of thiophene rings is 1. The molecule has 2 heterocycles. The number of benzene rings is 1. The molecule has 2 aliphatic rings. The normalized spacial score (nSPS) is 23.2. The van der Waals surface area contributed by atoms with Gasteiger partial charge in [-0.2, -0.15) is 0 Å². The molecule has 1 saturated heterocycles. The fourth-order valence-corrected chi connectivity index (χ4v) is 7.18. The fraction of sp³-hybridized carbons (Fsp3) is 0.429. The predicted molar refractivity (Wildman–Crippen MR) is 111 cm³/mol. The van der Waals surface area contributed by atoms with Crippen LogP contribution in [-0.4, -0.2) is 31.6 Å². The zero-order valence-corrected chi connectivity index (χ0v) is 17.4. The zero-order chi connectivity index (χ0) is 19.9. The minimum Gasteiger partial charge on any atom is -0.317 e. The van der Waals surface area contributed by atoms with Crippen molar-refractivity contribution in [2.75, 3.05) is 16.8 Å². The number of anilines is 1. The third-order valence-corrected chi connectivity index (χ3v) is 8.55. The van der Waals surface area contributed by atoms with Crippen LogP contribution >= 0.6 is 11.3 Å². The van der Waals surface area contributed by atoms with Crippen LogP contribution < -0.4 is 5.32 Å². The summed E-state index contributed by atoms with van der Waals surface area (Å²) in [5, 5.41) is 3.48. The van der Waals surface area contributed by atoms with Gasteiger partial charge in [-0.05, 0) is 37.2 Å². The summed E-state index contributed by atoms with van der Waals surface area (Å²) in [5.74, 6) is -0.420. The van der Waals surface area contributed by atoms with Crippen LogP contribution in [0.3, 0.4) is 0 Å². The van der Waals surface area contributed by atoms with Crippen molar-refractivity contribution in [1.29, 1.82) is 0 Å². The summed E-state index contributed by atoms with van der Waals surface area (Å²) in [5.41, 5.74) is 2.24. The van der Waals surface area contributed by atoms with Gasteiger partial charge >= 0.3 is 0 Å². The predicted octanol–water partition coefficient (Wildman–Crippen LogP) is 3.48. The van der Waals surface area contributed by atoms with E-state index in [1.807, 2.05) is 18.2 Å². The Morgan fingerprint density at radius 3 is 2.57 bits per heavy atom. The van der Waals surface area contributed by atoms with Gasteiger partial charge in [0.15, 0.2) is 15.6 Å². The first kappa shape index (κ1) is 19.3. The molecular weight excluding hydrogens is 394 g/mol. The first-order chi connectivity index (χ1) is 13.3. The summed E-state index contributed by atoms with van der Waals surface area (Å²) in [6.07, 6.45) is 3.10. The van der Waals surface area contributed by atoms with Crippen molar-refractivity contribution in [3.63, 3.8) is 0 Å². The highest BCUT2D eigenvalue weighted by Crippen LogP contribution is 2.41. The van der Waals surface area contributed by atoms with Crippen LogP contribution in [0.1, 0.15) is 46.1 Å². The van der Waals surface area contributed by atoms with E-state index in [0.717, 1.165) is 29.7 Å². The summed E-state index contributed by atoms with van der Waals surface area (Å²) in [6, 6.07) is 9.09. The zero-order valence-electron chi connectivity index (χ0n) is 15.7. The Morgan fingerprint density at radius 1 is 1.14 bits per heavy atom. The maximum Gasteiger partial charge on any atom is 0.229 e. The molecular formula is C21H23NO4S2. The molecule has 1 aromatic heterocycles. The Morgan fingerprint density at radius 2 is 1.89 bits per heavy atom. The number of hydrogen-bond acceptors (Lipinski definition) is 5. The van der Waals surface area contributed by atoms with E-state index in [4.69, 9.17) is 0 Å². The van der Waals surface area contributed by atoms with Gasteiger partial charge in [0.2, 0.25) is 5.91 Å². The van der Waals surface area contributed by atoms with Crippen molar-refractivity contribution in [3.8, 4) is 0 Å². The number of sulfone groups is 1. The maximum atomic E-state index is 13.2. The molecule has 1 N–H and O–H groups in total. The van der Waals surface area contributed by atoms with Gasteiger partial charge in [-0.25, -0.2) is 8.42 Å². The van der Waals surface area contributed by atoms with E-state index in [-0.39, 0.29) is 23.2 Å². The third-order valence-electron chi connectivity index (χ3n) is 5.61. The Hall–Kier alpha value is -1.99. The van der Waals surface area contributed by atoms with Crippen molar-refractivity contribution >= 4 is 37.9 Å². The smallest absolute Gasteiger partial charge is 0.229 e. The quantitative estimate of drug-likeness (QED) is 0.773.